The van der Waals surface area contributed by atoms with E-state index in [1.54, 1.807) is 30.5 Å². The molecule has 0 unspecified atom stereocenters. The predicted molar refractivity (Wildman–Crippen MR) is 92.0 cm³/mol. The normalized spacial score (nSPS) is 10.4. The van der Waals surface area contributed by atoms with Crippen molar-refractivity contribution in [1.82, 2.24) is 4.98 Å². The zero-order valence-corrected chi connectivity index (χ0v) is 13.8. The molecule has 4 nitrogen and oxygen atoms in total. The van der Waals surface area contributed by atoms with Crippen molar-refractivity contribution in [3.63, 3.8) is 0 Å². The lowest BCUT2D eigenvalue weighted by atomic mass is 10.3. The van der Waals surface area contributed by atoms with Crippen molar-refractivity contribution in [3.05, 3.63) is 75.9 Å². The second-order valence-corrected chi connectivity index (χ2v) is 6.15. The van der Waals surface area contributed by atoms with Gasteiger partial charge in [-0.2, -0.15) is 0 Å². The summed E-state index contributed by atoms with van der Waals surface area (Å²) in [5.74, 6) is 0.417. The number of ether oxygens (including phenoxy) is 1. The van der Waals surface area contributed by atoms with Gasteiger partial charge in [0.05, 0.1) is 4.88 Å². The lowest BCUT2D eigenvalue weighted by Crippen LogP contribution is -2.11. The average Bonchev–Trinajstić information content (AvgIpc) is 3.02. The van der Waals surface area contributed by atoms with Gasteiger partial charge in [0, 0.05) is 17.8 Å². The number of halogens is 1. The highest BCUT2D eigenvalue weighted by Crippen LogP contribution is 2.19. The molecule has 0 spiro atoms. The minimum atomic E-state index is -0.344. The van der Waals surface area contributed by atoms with Crippen LogP contribution in [0.15, 0.2) is 54.0 Å². The first-order chi connectivity index (χ1) is 11.6. The first-order valence-corrected chi connectivity index (χ1v) is 8.18. The Hall–Kier alpha value is -2.73. The summed E-state index contributed by atoms with van der Waals surface area (Å²) in [7, 11) is 0. The van der Waals surface area contributed by atoms with Crippen LogP contribution in [0.5, 0.6) is 5.75 Å². The largest absolute Gasteiger partial charge is 0.489 e. The molecule has 2 aromatic heterocycles. The number of benzene rings is 1. The number of carbonyl (C=O) groups is 1. The van der Waals surface area contributed by atoms with Gasteiger partial charge in [-0.15, -0.1) is 11.3 Å². The lowest BCUT2D eigenvalue weighted by Gasteiger charge is -2.04. The van der Waals surface area contributed by atoms with E-state index in [4.69, 9.17) is 4.74 Å². The molecule has 3 rings (SSSR count). The van der Waals surface area contributed by atoms with Crippen molar-refractivity contribution in [1.29, 1.82) is 0 Å². The van der Waals surface area contributed by atoms with Crippen molar-refractivity contribution in [2.75, 3.05) is 5.32 Å². The Morgan fingerprint density at radius 3 is 2.96 bits per heavy atom. The van der Waals surface area contributed by atoms with Gasteiger partial charge in [-0.3, -0.25) is 4.79 Å². The van der Waals surface area contributed by atoms with Crippen LogP contribution in [-0.4, -0.2) is 10.9 Å². The first kappa shape index (κ1) is 16.1. The smallest absolute Gasteiger partial charge is 0.266 e. The second-order valence-electron chi connectivity index (χ2n) is 5.24. The molecule has 122 valence electrons. The minimum absolute atomic E-state index is 0.213. The van der Waals surface area contributed by atoms with E-state index >= 15 is 0 Å². The van der Waals surface area contributed by atoms with Crippen molar-refractivity contribution >= 4 is 23.1 Å². The van der Waals surface area contributed by atoms with Crippen LogP contribution >= 0.6 is 11.3 Å². The fourth-order valence-corrected chi connectivity index (χ4v) is 2.87. The van der Waals surface area contributed by atoms with Crippen LogP contribution in [0.2, 0.25) is 0 Å². The van der Waals surface area contributed by atoms with E-state index in [1.807, 2.05) is 18.4 Å². The lowest BCUT2D eigenvalue weighted by molar-refractivity contribution is 0.103. The quantitative estimate of drug-likeness (QED) is 0.747. The van der Waals surface area contributed by atoms with Gasteiger partial charge in [0.15, 0.2) is 0 Å². The summed E-state index contributed by atoms with van der Waals surface area (Å²) in [6.45, 7) is 2.21. The van der Waals surface area contributed by atoms with E-state index in [2.05, 4.69) is 10.3 Å². The molecule has 1 amide bonds. The van der Waals surface area contributed by atoms with Gasteiger partial charge in [-0.05, 0) is 48.2 Å². The number of aryl methyl sites for hydroxylation is 1. The molecule has 0 bridgehead atoms. The molecular formula is C18H15FN2O2S. The fraction of sp³-hybridized carbons (Fsp3) is 0.111. The number of anilines is 1. The molecule has 2 heterocycles. The Bertz CT molecular complexity index is 863. The van der Waals surface area contributed by atoms with E-state index < -0.39 is 0 Å². The maximum atomic E-state index is 13.1. The van der Waals surface area contributed by atoms with Crippen LogP contribution < -0.4 is 10.1 Å². The van der Waals surface area contributed by atoms with Gasteiger partial charge in [-0.1, -0.05) is 6.07 Å². The summed E-state index contributed by atoms with van der Waals surface area (Å²) >= 11 is 1.33. The summed E-state index contributed by atoms with van der Waals surface area (Å²) in [6.07, 6.45) is 1.65. The third kappa shape index (κ3) is 4.17. The van der Waals surface area contributed by atoms with E-state index in [1.165, 1.54) is 23.5 Å². The van der Waals surface area contributed by atoms with E-state index in [9.17, 15) is 9.18 Å². The molecule has 0 aliphatic rings. The summed E-state index contributed by atoms with van der Waals surface area (Å²) in [5, 5.41) is 4.61. The van der Waals surface area contributed by atoms with Crippen LogP contribution in [0.1, 0.15) is 20.8 Å². The number of nitrogens with one attached hydrogen (secondary N) is 1. The molecule has 0 radical (unpaired) electrons. The van der Waals surface area contributed by atoms with Gasteiger partial charge in [0.2, 0.25) is 0 Å². The number of amides is 1. The first-order valence-electron chi connectivity index (χ1n) is 7.30. The minimum Gasteiger partial charge on any atom is -0.489 e. The van der Waals surface area contributed by atoms with Gasteiger partial charge in [-0.25, -0.2) is 9.37 Å². The van der Waals surface area contributed by atoms with Crippen molar-refractivity contribution in [2.45, 2.75) is 13.5 Å². The maximum absolute atomic E-state index is 13.1. The Balaban J connectivity index is 1.61. The summed E-state index contributed by atoms with van der Waals surface area (Å²) < 4.78 is 18.6. The van der Waals surface area contributed by atoms with E-state index in [0.29, 0.717) is 16.4 Å². The maximum Gasteiger partial charge on any atom is 0.266 e. The van der Waals surface area contributed by atoms with Crippen LogP contribution in [0.25, 0.3) is 0 Å². The number of hydrogen-bond acceptors (Lipinski definition) is 4. The summed E-state index contributed by atoms with van der Waals surface area (Å²) in [6, 6.07) is 11.4. The number of pyridine rings is 1. The summed E-state index contributed by atoms with van der Waals surface area (Å²) in [4.78, 5) is 16.9. The van der Waals surface area contributed by atoms with Gasteiger partial charge in [0.25, 0.3) is 5.91 Å². The number of aromatic nitrogens is 1. The van der Waals surface area contributed by atoms with Crippen LogP contribution in [-0.2, 0) is 6.61 Å². The Kier molecular flexibility index (Phi) is 4.86. The number of thiophene rings is 1. The van der Waals surface area contributed by atoms with Gasteiger partial charge >= 0.3 is 0 Å². The molecule has 0 atom stereocenters. The molecule has 0 fully saturated rings. The molecule has 1 aromatic carbocycles. The molecule has 0 saturated carbocycles. The standard InChI is InChI=1S/C18H15FN2O2S/c1-12-5-6-20-17(7-12)21-18(22)16-8-13(11-24-16)10-23-15-4-2-3-14(19)9-15/h2-9,11H,10H2,1H3,(H,20,21,22). The number of hydrogen-bond donors (Lipinski definition) is 1. The average molecular weight is 342 g/mol. The van der Waals surface area contributed by atoms with Crippen molar-refractivity contribution in [2.24, 2.45) is 0 Å². The highest BCUT2D eigenvalue weighted by atomic mass is 32.1. The monoisotopic (exact) mass is 342 g/mol. The molecule has 24 heavy (non-hydrogen) atoms. The van der Waals surface area contributed by atoms with Crippen molar-refractivity contribution < 1.29 is 13.9 Å². The topological polar surface area (TPSA) is 51.2 Å². The zero-order valence-electron chi connectivity index (χ0n) is 13.0. The molecular weight excluding hydrogens is 327 g/mol. The summed E-state index contributed by atoms with van der Waals surface area (Å²) in [5.41, 5.74) is 1.88. The third-order valence-electron chi connectivity index (χ3n) is 3.24. The number of carbonyl (C=O) groups excluding carboxylic acids is 1. The van der Waals surface area contributed by atoms with Gasteiger partial charge < -0.3 is 10.1 Å². The SMILES string of the molecule is Cc1ccnc(NC(=O)c2cc(COc3cccc(F)c3)cs2)c1. The van der Waals surface area contributed by atoms with E-state index in [-0.39, 0.29) is 18.3 Å². The molecule has 0 aliphatic heterocycles. The molecule has 1 N–H and O–H groups in total. The van der Waals surface area contributed by atoms with Crippen LogP contribution in [0.4, 0.5) is 10.2 Å². The molecule has 0 aliphatic carbocycles. The van der Waals surface area contributed by atoms with Crippen LogP contribution in [0.3, 0.4) is 0 Å². The molecule has 3 aromatic rings. The predicted octanol–water partition coefficient (Wildman–Crippen LogP) is 4.42. The fourth-order valence-electron chi connectivity index (χ4n) is 2.08. The number of rotatable bonds is 5. The highest BCUT2D eigenvalue weighted by molar-refractivity contribution is 7.12. The Morgan fingerprint density at radius 2 is 2.17 bits per heavy atom. The van der Waals surface area contributed by atoms with Gasteiger partial charge in [0.1, 0.15) is 24.0 Å². The molecule has 0 saturated heterocycles. The Morgan fingerprint density at radius 1 is 1.29 bits per heavy atom. The second kappa shape index (κ2) is 7.23. The van der Waals surface area contributed by atoms with Crippen LogP contribution in [0, 0.1) is 12.7 Å². The third-order valence-corrected chi connectivity index (χ3v) is 4.21. The zero-order chi connectivity index (χ0) is 16.9. The highest BCUT2D eigenvalue weighted by Gasteiger charge is 2.10. The van der Waals surface area contributed by atoms with Crippen molar-refractivity contribution in [3.8, 4) is 5.75 Å². The van der Waals surface area contributed by atoms with E-state index in [0.717, 1.165) is 11.1 Å². The molecule has 6 heteroatoms. The Labute approximate surface area is 142 Å². The number of nitrogens with zero attached hydrogens (tertiary/aromatic N) is 1.